The smallest absolute Gasteiger partial charge is 0.181 e. The van der Waals surface area contributed by atoms with Gasteiger partial charge in [0.25, 0.3) is 0 Å². The topological polar surface area (TPSA) is 20.2 Å². The van der Waals surface area contributed by atoms with Gasteiger partial charge >= 0.3 is 0 Å². The molecule has 0 saturated heterocycles. The van der Waals surface area contributed by atoms with Crippen LogP contribution in [0.2, 0.25) is 0 Å². The van der Waals surface area contributed by atoms with Crippen molar-refractivity contribution in [2.45, 2.75) is 4.27 Å². The highest BCUT2D eigenvalue weighted by Crippen LogP contribution is 2.31. The molecular weight excluding hydrogens is 202 g/mol. The average Bonchev–Trinajstić information content (AvgIpc) is 1.92. The first kappa shape index (κ1) is 9.83. The third-order valence-corrected chi connectivity index (χ3v) is 1.79. The Morgan fingerprint density at radius 1 is 1.25 bits per heavy atom. The molecule has 0 radical (unpaired) electrons. The SMILES string of the molecule is OC(S)(S)c1cccc(F)c1F. The van der Waals surface area contributed by atoms with E-state index in [4.69, 9.17) is 5.11 Å². The van der Waals surface area contributed by atoms with E-state index in [-0.39, 0.29) is 5.56 Å². The first-order valence-electron chi connectivity index (χ1n) is 3.04. The van der Waals surface area contributed by atoms with Gasteiger partial charge in [-0.05, 0) is 6.07 Å². The van der Waals surface area contributed by atoms with Crippen LogP contribution in [0.4, 0.5) is 8.78 Å². The minimum absolute atomic E-state index is 0.297. The summed E-state index contributed by atoms with van der Waals surface area (Å²) in [6.45, 7) is 0. The molecule has 0 saturated carbocycles. The summed E-state index contributed by atoms with van der Waals surface area (Å²) in [6, 6.07) is 3.43. The summed E-state index contributed by atoms with van der Waals surface area (Å²) < 4.78 is 23.5. The fraction of sp³-hybridized carbons (Fsp3) is 0.143. The molecule has 66 valence electrons. The van der Waals surface area contributed by atoms with Crippen LogP contribution >= 0.6 is 25.3 Å². The summed E-state index contributed by atoms with van der Waals surface area (Å²) in [6.07, 6.45) is 0. The molecule has 5 heteroatoms. The molecule has 1 rings (SSSR count). The average molecular weight is 208 g/mol. The highest BCUT2D eigenvalue weighted by Gasteiger charge is 2.24. The van der Waals surface area contributed by atoms with Crippen LogP contribution in [0.15, 0.2) is 18.2 Å². The fourth-order valence-corrected chi connectivity index (χ4v) is 1.11. The highest BCUT2D eigenvalue weighted by molar-refractivity contribution is 7.99. The van der Waals surface area contributed by atoms with E-state index in [0.29, 0.717) is 0 Å². The molecule has 0 heterocycles. The Labute approximate surface area is 79.2 Å². The van der Waals surface area contributed by atoms with Gasteiger partial charge in [-0.15, -0.1) is 25.3 Å². The van der Waals surface area contributed by atoms with Gasteiger partial charge in [0, 0.05) is 5.56 Å². The van der Waals surface area contributed by atoms with E-state index >= 15 is 0 Å². The summed E-state index contributed by atoms with van der Waals surface area (Å²) in [7, 11) is 0. The monoisotopic (exact) mass is 208 g/mol. The maximum Gasteiger partial charge on any atom is 0.181 e. The van der Waals surface area contributed by atoms with Crippen LogP contribution in [0.5, 0.6) is 0 Å². The molecule has 0 aromatic heterocycles. The summed E-state index contributed by atoms with van der Waals surface area (Å²) >= 11 is 7.15. The minimum Gasteiger partial charge on any atom is -0.367 e. The molecule has 1 aromatic carbocycles. The zero-order valence-electron chi connectivity index (χ0n) is 5.83. The highest BCUT2D eigenvalue weighted by atomic mass is 32.2. The van der Waals surface area contributed by atoms with Crippen molar-refractivity contribution in [3.05, 3.63) is 35.4 Å². The Hall–Kier alpha value is -0.260. The molecule has 0 aliphatic heterocycles. The molecule has 0 aliphatic carbocycles. The van der Waals surface area contributed by atoms with Crippen LogP contribution < -0.4 is 0 Å². The molecule has 12 heavy (non-hydrogen) atoms. The molecular formula is C7H6F2OS2. The lowest BCUT2D eigenvalue weighted by molar-refractivity contribution is 0.232. The molecule has 0 spiro atoms. The third-order valence-electron chi connectivity index (χ3n) is 1.31. The summed E-state index contributed by atoms with van der Waals surface area (Å²) in [4.78, 5) is 0. The van der Waals surface area contributed by atoms with Crippen LogP contribution in [0.1, 0.15) is 5.56 Å². The van der Waals surface area contributed by atoms with Gasteiger partial charge in [-0.2, -0.15) is 0 Å². The van der Waals surface area contributed by atoms with Crippen LogP contribution in [-0.2, 0) is 4.27 Å². The Balaban J connectivity index is 3.26. The fourth-order valence-electron chi connectivity index (χ4n) is 0.763. The van der Waals surface area contributed by atoms with E-state index in [1.165, 1.54) is 12.1 Å². The zero-order valence-corrected chi connectivity index (χ0v) is 7.62. The Kier molecular flexibility index (Phi) is 2.65. The van der Waals surface area contributed by atoms with Gasteiger partial charge in [0.1, 0.15) is 0 Å². The van der Waals surface area contributed by atoms with Gasteiger partial charge in [0.15, 0.2) is 15.9 Å². The predicted molar refractivity (Wildman–Crippen MR) is 48.2 cm³/mol. The molecule has 0 atom stereocenters. The van der Waals surface area contributed by atoms with Crippen molar-refractivity contribution in [2.75, 3.05) is 0 Å². The van der Waals surface area contributed by atoms with Crippen molar-refractivity contribution in [1.82, 2.24) is 0 Å². The number of aliphatic hydroxyl groups is 1. The molecule has 0 bridgehead atoms. The van der Waals surface area contributed by atoms with E-state index in [0.717, 1.165) is 6.07 Å². The normalized spacial score (nSPS) is 11.8. The maximum atomic E-state index is 12.9. The largest absolute Gasteiger partial charge is 0.367 e. The van der Waals surface area contributed by atoms with Gasteiger partial charge in [0.05, 0.1) is 0 Å². The number of halogens is 2. The summed E-state index contributed by atoms with van der Waals surface area (Å²) in [5.41, 5.74) is -0.297. The van der Waals surface area contributed by atoms with Crippen molar-refractivity contribution < 1.29 is 13.9 Å². The number of hydrogen-bond acceptors (Lipinski definition) is 3. The molecule has 0 fully saturated rings. The molecule has 0 unspecified atom stereocenters. The Morgan fingerprint density at radius 3 is 2.25 bits per heavy atom. The number of thiol groups is 2. The molecule has 1 nitrogen and oxygen atoms in total. The lowest BCUT2D eigenvalue weighted by Crippen LogP contribution is -2.12. The maximum absolute atomic E-state index is 12.9. The van der Waals surface area contributed by atoms with Crippen molar-refractivity contribution in [3.63, 3.8) is 0 Å². The van der Waals surface area contributed by atoms with Crippen LogP contribution in [0, 0.1) is 11.6 Å². The van der Waals surface area contributed by atoms with Gasteiger partial charge in [-0.1, -0.05) is 12.1 Å². The van der Waals surface area contributed by atoms with E-state index in [1.54, 1.807) is 0 Å². The van der Waals surface area contributed by atoms with Gasteiger partial charge < -0.3 is 5.11 Å². The van der Waals surface area contributed by atoms with Gasteiger partial charge in [-0.3, -0.25) is 0 Å². The lowest BCUT2D eigenvalue weighted by Gasteiger charge is -2.15. The molecule has 1 aromatic rings. The van der Waals surface area contributed by atoms with Crippen molar-refractivity contribution in [2.24, 2.45) is 0 Å². The second-order valence-electron chi connectivity index (χ2n) is 2.24. The predicted octanol–water partition coefficient (Wildman–Crippen LogP) is 1.93. The van der Waals surface area contributed by atoms with E-state index < -0.39 is 15.9 Å². The van der Waals surface area contributed by atoms with Crippen molar-refractivity contribution in [3.8, 4) is 0 Å². The summed E-state index contributed by atoms with van der Waals surface area (Å²) in [5.74, 6) is -2.17. The number of rotatable bonds is 1. The van der Waals surface area contributed by atoms with Crippen LogP contribution in [-0.4, -0.2) is 5.11 Å². The zero-order chi connectivity index (χ0) is 9.35. The van der Waals surface area contributed by atoms with E-state index in [2.05, 4.69) is 25.3 Å². The van der Waals surface area contributed by atoms with E-state index in [9.17, 15) is 8.78 Å². The second-order valence-corrected chi connectivity index (χ2v) is 3.88. The molecule has 0 amide bonds. The number of benzene rings is 1. The first-order valence-corrected chi connectivity index (χ1v) is 3.94. The first-order chi connectivity index (χ1) is 5.43. The molecule has 0 aliphatic rings. The Bertz CT molecular complexity index is 296. The van der Waals surface area contributed by atoms with Crippen molar-refractivity contribution in [1.29, 1.82) is 0 Å². The lowest BCUT2D eigenvalue weighted by atomic mass is 10.2. The summed E-state index contributed by atoms with van der Waals surface area (Å²) in [5, 5.41) is 9.12. The number of hydrogen-bond donors (Lipinski definition) is 3. The second kappa shape index (κ2) is 3.24. The standard InChI is InChI=1S/C7H6F2OS2/c8-5-3-1-2-4(6(5)9)7(10,11)12/h1-3,10-12H. The quantitative estimate of drug-likeness (QED) is 0.476. The van der Waals surface area contributed by atoms with Gasteiger partial charge in [-0.25, -0.2) is 8.78 Å². The van der Waals surface area contributed by atoms with Crippen LogP contribution in [0.25, 0.3) is 0 Å². The van der Waals surface area contributed by atoms with Gasteiger partial charge in [0.2, 0.25) is 0 Å². The molecule has 1 N–H and O–H groups in total. The Morgan fingerprint density at radius 2 is 1.83 bits per heavy atom. The third kappa shape index (κ3) is 1.91. The van der Waals surface area contributed by atoms with Crippen LogP contribution in [0.3, 0.4) is 0 Å². The van der Waals surface area contributed by atoms with E-state index in [1.807, 2.05) is 0 Å². The minimum atomic E-state index is -1.95. The van der Waals surface area contributed by atoms with Crippen molar-refractivity contribution >= 4 is 25.3 Å².